The Bertz CT molecular complexity index is 804. The molecule has 9 heteroatoms. The lowest BCUT2D eigenvalue weighted by atomic mass is 10.2. The Balaban J connectivity index is 1.50. The summed E-state index contributed by atoms with van der Waals surface area (Å²) in [7, 11) is 1.60. The number of piperazine rings is 1. The largest absolute Gasteiger partial charge is 0.383 e. The van der Waals surface area contributed by atoms with Crippen molar-refractivity contribution in [3.8, 4) is 10.6 Å². The summed E-state index contributed by atoms with van der Waals surface area (Å²) in [5.74, 6) is -0.0930. The quantitative estimate of drug-likeness (QED) is 0.690. The second kappa shape index (κ2) is 9.97. The van der Waals surface area contributed by atoms with E-state index in [1.54, 1.807) is 17.4 Å². The number of halogens is 1. The summed E-state index contributed by atoms with van der Waals surface area (Å²) in [6.07, 6.45) is 0. The maximum absolute atomic E-state index is 12.7. The molecule has 1 aliphatic rings. The average Bonchev–Trinajstić information content (AvgIpc) is 3.19. The zero-order chi connectivity index (χ0) is 19.9. The van der Waals surface area contributed by atoms with E-state index >= 15 is 0 Å². The molecule has 0 unspecified atom stereocenters. The molecular weight excluding hydrogens is 400 g/mol. The summed E-state index contributed by atoms with van der Waals surface area (Å²) >= 11 is 7.36. The van der Waals surface area contributed by atoms with Gasteiger partial charge in [-0.1, -0.05) is 23.7 Å². The Morgan fingerprint density at radius 3 is 2.61 bits per heavy atom. The highest BCUT2D eigenvalue weighted by molar-refractivity contribution is 7.13. The van der Waals surface area contributed by atoms with Crippen molar-refractivity contribution < 1.29 is 14.3 Å². The fraction of sp³-hybridized carbons (Fsp3) is 0.421. The molecule has 1 fully saturated rings. The Labute approximate surface area is 173 Å². The third-order valence-corrected chi connectivity index (χ3v) is 5.61. The predicted octanol–water partition coefficient (Wildman–Crippen LogP) is 1.98. The second-order valence-corrected chi connectivity index (χ2v) is 7.75. The molecule has 28 heavy (non-hydrogen) atoms. The first kappa shape index (κ1) is 20.7. The number of methoxy groups -OCH3 is 1. The number of amides is 2. The lowest BCUT2D eigenvalue weighted by molar-refractivity contribution is -0.122. The molecule has 2 heterocycles. The molecule has 150 valence electrons. The van der Waals surface area contributed by atoms with E-state index in [0.29, 0.717) is 56.6 Å². The van der Waals surface area contributed by atoms with Crippen LogP contribution in [0.3, 0.4) is 0 Å². The van der Waals surface area contributed by atoms with E-state index in [4.69, 9.17) is 16.3 Å². The number of ether oxygens (including phenoxy) is 1. The minimum Gasteiger partial charge on any atom is -0.383 e. The standard InChI is InChI=1S/C19H23ClN4O3S/c1-27-11-6-21-17(25)12-23-7-9-24(10-8-23)19(26)16-13-28-18(22-16)14-2-4-15(20)5-3-14/h2-5,13H,6-12H2,1H3,(H,21,25). The first-order valence-corrected chi connectivity index (χ1v) is 10.3. The van der Waals surface area contributed by atoms with Gasteiger partial charge >= 0.3 is 0 Å². The van der Waals surface area contributed by atoms with E-state index in [2.05, 4.69) is 10.3 Å². The van der Waals surface area contributed by atoms with Crippen molar-refractivity contribution in [2.75, 3.05) is 53.0 Å². The highest BCUT2D eigenvalue weighted by Crippen LogP contribution is 2.25. The number of hydrogen-bond acceptors (Lipinski definition) is 6. The van der Waals surface area contributed by atoms with E-state index in [1.807, 2.05) is 29.2 Å². The van der Waals surface area contributed by atoms with Crippen LogP contribution in [0, 0.1) is 0 Å². The van der Waals surface area contributed by atoms with Crippen LogP contribution in [-0.4, -0.2) is 79.6 Å². The number of rotatable bonds is 7. The summed E-state index contributed by atoms with van der Waals surface area (Å²) < 4.78 is 4.92. The van der Waals surface area contributed by atoms with Gasteiger partial charge in [0.05, 0.1) is 13.2 Å². The maximum Gasteiger partial charge on any atom is 0.273 e. The molecule has 7 nitrogen and oxygen atoms in total. The highest BCUT2D eigenvalue weighted by atomic mass is 35.5. The fourth-order valence-corrected chi connectivity index (χ4v) is 3.85. The normalized spacial score (nSPS) is 14.9. The first-order chi connectivity index (χ1) is 13.6. The molecule has 2 amide bonds. The summed E-state index contributed by atoms with van der Waals surface area (Å²) in [5, 5.41) is 6.07. The van der Waals surface area contributed by atoms with Crippen LogP contribution in [0.5, 0.6) is 0 Å². The summed E-state index contributed by atoms with van der Waals surface area (Å²) in [6.45, 7) is 3.83. The van der Waals surface area contributed by atoms with Gasteiger partial charge in [-0.2, -0.15) is 0 Å². The highest BCUT2D eigenvalue weighted by Gasteiger charge is 2.24. The topological polar surface area (TPSA) is 74.8 Å². The molecule has 0 radical (unpaired) electrons. The summed E-state index contributed by atoms with van der Waals surface area (Å²) in [5.41, 5.74) is 1.40. The molecule has 2 aromatic rings. The molecule has 1 aliphatic heterocycles. The average molecular weight is 423 g/mol. The Morgan fingerprint density at radius 2 is 1.93 bits per heavy atom. The lowest BCUT2D eigenvalue weighted by Crippen LogP contribution is -2.51. The number of aromatic nitrogens is 1. The van der Waals surface area contributed by atoms with Crippen LogP contribution >= 0.6 is 22.9 Å². The maximum atomic E-state index is 12.7. The number of nitrogens with one attached hydrogen (secondary N) is 1. The minimum atomic E-state index is -0.0688. The SMILES string of the molecule is COCCNC(=O)CN1CCN(C(=O)c2csc(-c3ccc(Cl)cc3)n2)CC1. The number of carbonyl (C=O) groups is 2. The van der Waals surface area contributed by atoms with Crippen LogP contribution in [-0.2, 0) is 9.53 Å². The zero-order valence-corrected chi connectivity index (χ0v) is 17.3. The zero-order valence-electron chi connectivity index (χ0n) is 15.7. The van der Waals surface area contributed by atoms with Crippen molar-refractivity contribution in [3.05, 3.63) is 40.4 Å². The smallest absolute Gasteiger partial charge is 0.273 e. The number of nitrogens with zero attached hydrogens (tertiary/aromatic N) is 3. The van der Waals surface area contributed by atoms with Gasteiger partial charge in [0.25, 0.3) is 5.91 Å². The van der Waals surface area contributed by atoms with Crippen molar-refractivity contribution in [1.29, 1.82) is 0 Å². The fourth-order valence-electron chi connectivity index (χ4n) is 2.92. The van der Waals surface area contributed by atoms with Crippen LogP contribution in [0.25, 0.3) is 10.6 Å². The van der Waals surface area contributed by atoms with E-state index in [1.165, 1.54) is 11.3 Å². The monoisotopic (exact) mass is 422 g/mol. The van der Waals surface area contributed by atoms with E-state index in [0.717, 1.165) is 10.6 Å². The summed E-state index contributed by atoms with van der Waals surface area (Å²) in [6, 6.07) is 7.41. The van der Waals surface area contributed by atoms with Crippen molar-refractivity contribution in [1.82, 2.24) is 20.1 Å². The van der Waals surface area contributed by atoms with Crippen LogP contribution < -0.4 is 5.32 Å². The second-order valence-electron chi connectivity index (χ2n) is 6.46. The van der Waals surface area contributed by atoms with E-state index in [9.17, 15) is 9.59 Å². The van der Waals surface area contributed by atoms with Gasteiger partial charge in [-0.05, 0) is 12.1 Å². The van der Waals surface area contributed by atoms with Gasteiger partial charge in [-0.15, -0.1) is 11.3 Å². The molecule has 0 saturated carbocycles. The molecule has 0 spiro atoms. The molecule has 0 atom stereocenters. The molecule has 1 N–H and O–H groups in total. The third-order valence-electron chi connectivity index (χ3n) is 4.47. The van der Waals surface area contributed by atoms with Crippen molar-refractivity contribution >= 4 is 34.8 Å². The van der Waals surface area contributed by atoms with Gasteiger partial charge < -0.3 is 15.0 Å². The molecule has 1 aromatic carbocycles. The van der Waals surface area contributed by atoms with Gasteiger partial charge in [-0.3, -0.25) is 14.5 Å². The number of hydrogen-bond donors (Lipinski definition) is 1. The molecule has 0 aliphatic carbocycles. The predicted molar refractivity (Wildman–Crippen MR) is 110 cm³/mol. The first-order valence-electron chi connectivity index (χ1n) is 9.05. The van der Waals surface area contributed by atoms with Gasteiger partial charge in [0, 0.05) is 55.8 Å². The number of thiazole rings is 1. The van der Waals surface area contributed by atoms with Gasteiger partial charge in [0.1, 0.15) is 10.7 Å². The Kier molecular flexibility index (Phi) is 7.38. The lowest BCUT2D eigenvalue weighted by Gasteiger charge is -2.33. The van der Waals surface area contributed by atoms with Crippen molar-refractivity contribution in [2.45, 2.75) is 0 Å². The van der Waals surface area contributed by atoms with Gasteiger partial charge in [-0.25, -0.2) is 4.98 Å². The van der Waals surface area contributed by atoms with E-state index < -0.39 is 0 Å². The molecule has 3 rings (SSSR count). The van der Waals surface area contributed by atoms with Gasteiger partial charge in [0.2, 0.25) is 5.91 Å². The number of carbonyl (C=O) groups excluding carboxylic acids is 2. The van der Waals surface area contributed by atoms with Crippen LogP contribution in [0.2, 0.25) is 5.02 Å². The Morgan fingerprint density at radius 1 is 1.21 bits per heavy atom. The van der Waals surface area contributed by atoms with Gasteiger partial charge in [0.15, 0.2) is 0 Å². The molecule has 1 saturated heterocycles. The van der Waals surface area contributed by atoms with Crippen molar-refractivity contribution in [2.24, 2.45) is 0 Å². The molecular formula is C19H23ClN4O3S. The van der Waals surface area contributed by atoms with Crippen molar-refractivity contribution in [3.63, 3.8) is 0 Å². The number of benzene rings is 1. The van der Waals surface area contributed by atoms with Crippen LogP contribution in [0.4, 0.5) is 0 Å². The Hall–Kier alpha value is -2.00. The third kappa shape index (κ3) is 5.51. The minimum absolute atomic E-state index is 0.0241. The van der Waals surface area contributed by atoms with Crippen LogP contribution in [0.15, 0.2) is 29.6 Å². The van der Waals surface area contributed by atoms with Crippen LogP contribution in [0.1, 0.15) is 10.5 Å². The molecule has 1 aromatic heterocycles. The molecule has 0 bridgehead atoms. The van der Waals surface area contributed by atoms with E-state index in [-0.39, 0.29) is 11.8 Å². The summed E-state index contributed by atoms with van der Waals surface area (Å²) in [4.78, 5) is 32.9.